The number of aromatic nitrogens is 1. The summed E-state index contributed by atoms with van der Waals surface area (Å²) in [6.07, 6.45) is 0.994. The van der Waals surface area contributed by atoms with E-state index in [1.54, 1.807) is 18.3 Å². The Balaban J connectivity index is 2.75. The highest BCUT2D eigenvalue weighted by molar-refractivity contribution is 6.18. The van der Waals surface area contributed by atoms with Crippen LogP contribution in [0, 0.1) is 0 Å². The molecule has 0 unspecified atom stereocenters. The van der Waals surface area contributed by atoms with E-state index in [1.807, 2.05) is 6.07 Å². The first kappa shape index (κ1) is 7.51. The van der Waals surface area contributed by atoms with Gasteiger partial charge in [0.05, 0.1) is 11.6 Å². The van der Waals surface area contributed by atoms with Gasteiger partial charge >= 0.3 is 0 Å². The Morgan fingerprint density at radius 2 is 2.40 bits per heavy atom. The Kier molecular flexibility index (Phi) is 2.66. The molecule has 0 saturated carbocycles. The smallest absolute Gasteiger partial charge is 0.109 e. The number of hydrogen-bond donors (Lipinski definition) is 1. The van der Waals surface area contributed by atoms with Gasteiger partial charge < -0.3 is 5.11 Å². The third kappa shape index (κ3) is 1.69. The third-order valence-corrected chi connectivity index (χ3v) is 1.47. The van der Waals surface area contributed by atoms with Crippen LogP contribution in [-0.4, -0.2) is 16.0 Å². The van der Waals surface area contributed by atoms with Gasteiger partial charge in [0, 0.05) is 6.20 Å². The van der Waals surface area contributed by atoms with E-state index in [2.05, 4.69) is 4.98 Å². The Hall–Kier alpha value is -0.600. The molecular weight excluding hydrogens is 150 g/mol. The van der Waals surface area contributed by atoms with E-state index in [1.165, 1.54) is 0 Å². The zero-order chi connectivity index (χ0) is 7.40. The van der Waals surface area contributed by atoms with Crippen LogP contribution in [0.4, 0.5) is 0 Å². The highest BCUT2D eigenvalue weighted by Gasteiger charge is 2.04. The molecule has 0 radical (unpaired) electrons. The van der Waals surface area contributed by atoms with Crippen LogP contribution >= 0.6 is 11.6 Å². The predicted molar refractivity (Wildman–Crippen MR) is 39.9 cm³/mol. The van der Waals surface area contributed by atoms with E-state index in [9.17, 15) is 0 Å². The van der Waals surface area contributed by atoms with Gasteiger partial charge in [0.25, 0.3) is 0 Å². The largest absolute Gasteiger partial charge is 0.386 e. The Morgan fingerprint density at radius 1 is 1.60 bits per heavy atom. The van der Waals surface area contributed by atoms with Crippen LogP contribution in [0.15, 0.2) is 24.4 Å². The van der Waals surface area contributed by atoms with Crippen molar-refractivity contribution in [3.05, 3.63) is 30.1 Å². The minimum absolute atomic E-state index is 0.191. The maximum Gasteiger partial charge on any atom is 0.109 e. The van der Waals surface area contributed by atoms with E-state index in [0.29, 0.717) is 5.69 Å². The topological polar surface area (TPSA) is 33.1 Å². The lowest BCUT2D eigenvalue weighted by Gasteiger charge is -2.03. The monoisotopic (exact) mass is 157 g/mol. The lowest BCUT2D eigenvalue weighted by molar-refractivity contribution is 0.197. The molecule has 2 nitrogen and oxygen atoms in total. The van der Waals surface area contributed by atoms with E-state index in [4.69, 9.17) is 16.7 Å². The lowest BCUT2D eigenvalue weighted by atomic mass is 10.2. The number of pyridine rings is 1. The molecule has 1 aromatic rings. The van der Waals surface area contributed by atoms with Gasteiger partial charge in [-0.05, 0) is 12.1 Å². The van der Waals surface area contributed by atoms with Crippen LogP contribution < -0.4 is 0 Å². The van der Waals surface area contributed by atoms with Crippen molar-refractivity contribution in [2.24, 2.45) is 0 Å². The fourth-order valence-electron chi connectivity index (χ4n) is 0.652. The SMILES string of the molecule is O[C@@H](CCl)c1ccccn1. The molecule has 0 saturated heterocycles. The van der Waals surface area contributed by atoms with E-state index < -0.39 is 6.10 Å². The minimum Gasteiger partial charge on any atom is -0.386 e. The fraction of sp³-hybridized carbons (Fsp3) is 0.286. The molecule has 3 heteroatoms. The van der Waals surface area contributed by atoms with Gasteiger partial charge in [0.1, 0.15) is 6.10 Å². The molecule has 54 valence electrons. The van der Waals surface area contributed by atoms with E-state index in [-0.39, 0.29) is 5.88 Å². The summed E-state index contributed by atoms with van der Waals surface area (Å²) < 4.78 is 0. The van der Waals surface area contributed by atoms with E-state index in [0.717, 1.165) is 0 Å². The molecule has 1 aromatic heterocycles. The quantitative estimate of drug-likeness (QED) is 0.658. The number of halogens is 1. The fourth-order valence-corrected chi connectivity index (χ4v) is 0.810. The van der Waals surface area contributed by atoms with Crippen molar-refractivity contribution in [1.82, 2.24) is 4.98 Å². The Labute approximate surface area is 64.5 Å². The van der Waals surface area contributed by atoms with E-state index >= 15 is 0 Å². The van der Waals surface area contributed by atoms with Crippen LogP contribution in [-0.2, 0) is 0 Å². The molecule has 1 heterocycles. The molecule has 1 rings (SSSR count). The number of hydrogen-bond acceptors (Lipinski definition) is 2. The number of alkyl halides is 1. The molecule has 0 aliphatic rings. The van der Waals surface area contributed by atoms with Gasteiger partial charge in [-0.25, -0.2) is 0 Å². The van der Waals surface area contributed by atoms with Gasteiger partial charge in [-0.2, -0.15) is 0 Å². The number of aliphatic hydroxyl groups is 1. The number of nitrogens with zero attached hydrogens (tertiary/aromatic N) is 1. The maximum absolute atomic E-state index is 9.13. The Morgan fingerprint density at radius 3 is 2.90 bits per heavy atom. The zero-order valence-corrected chi connectivity index (χ0v) is 6.12. The van der Waals surface area contributed by atoms with Gasteiger partial charge in [0.15, 0.2) is 0 Å². The van der Waals surface area contributed by atoms with Crippen molar-refractivity contribution in [2.45, 2.75) is 6.10 Å². The first-order valence-corrected chi connectivity index (χ1v) is 3.53. The number of rotatable bonds is 2. The molecule has 1 atom stereocenters. The van der Waals surface area contributed by atoms with Crippen molar-refractivity contribution in [3.63, 3.8) is 0 Å². The van der Waals surface area contributed by atoms with Crippen molar-refractivity contribution >= 4 is 11.6 Å². The van der Waals surface area contributed by atoms with Crippen LogP contribution in [0.25, 0.3) is 0 Å². The molecule has 0 aromatic carbocycles. The van der Waals surface area contributed by atoms with Gasteiger partial charge in [-0.3, -0.25) is 4.98 Å². The van der Waals surface area contributed by atoms with Gasteiger partial charge in [0.2, 0.25) is 0 Å². The van der Waals surface area contributed by atoms with Crippen LogP contribution in [0.3, 0.4) is 0 Å². The summed E-state index contributed by atoms with van der Waals surface area (Å²) in [5.74, 6) is 0.191. The van der Waals surface area contributed by atoms with Crippen molar-refractivity contribution in [3.8, 4) is 0 Å². The molecule has 0 spiro atoms. The third-order valence-electron chi connectivity index (χ3n) is 1.18. The zero-order valence-electron chi connectivity index (χ0n) is 5.37. The standard InChI is InChI=1S/C7H8ClNO/c8-5-7(10)6-3-1-2-4-9-6/h1-4,7,10H,5H2/t7-/m0/s1. The van der Waals surface area contributed by atoms with Crippen LogP contribution in [0.5, 0.6) is 0 Å². The first-order chi connectivity index (χ1) is 4.84. The summed E-state index contributed by atoms with van der Waals surface area (Å²) in [5.41, 5.74) is 0.623. The molecule has 0 amide bonds. The summed E-state index contributed by atoms with van der Waals surface area (Å²) in [7, 11) is 0. The average Bonchev–Trinajstić information content (AvgIpc) is 2.05. The number of aliphatic hydroxyl groups excluding tert-OH is 1. The average molecular weight is 158 g/mol. The molecule has 0 bridgehead atoms. The second-order valence-corrected chi connectivity index (χ2v) is 2.23. The molecule has 0 aliphatic heterocycles. The van der Waals surface area contributed by atoms with Crippen LogP contribution in [0.2, 0.25) is 0 Å². The highest BCUT2D eigenvalue weighted by Crippen LogP contribution is 2.09. The second kappa shape index (κ2) is 3.54. The molecular formula is C7H8ClNO. The summed E-state index contributed by atoms with van der Waals surface area (Å²) in [5, 5.41) is 9.13. The predicted octanol–water partition coefficient (Wildman–Crippen LogP) is 1.35. The van der Waals surface area contributed by atoms with Gasteiger partial charge in [-0.1, -0.05) is 6.07 Å². The summed E-state index contributed by atoms with van der Waals surface area (Å²) >= 11 is 5.40. The minimum atomic E-state index is -0.636. The molecule has 0 aliphatic carbocycles. The summed E-state index contributed by atoms with van der Waals surface area (Å²) in [6.45, 7) is 0. The highest BCUT2D eigenvalue weighted by atomic mass is 35.5. The molecule has 0 fully saturated rings. The maximum atomic E-state index is 9.13. The van der Waals surface area contributed by atoms with Crippen molar-refractivity contribution < 1.29 is 5.11 Å². The first-order valence-electron chi connectivity index (χ1n) is 2.99. The molecule has 10 heavy (non-hydrogen) atoms. The normalized spacial score (nSPS) is 13.0. The van der Waals surface area contributed by atoms with Crippen molar-refractivity contribution in [2.75, 3.05) is 5.88 Å². The van der Waals surface area contributed by atoms with Crippen LogP contribution in [0.1, 0.15) is 11.8 Å². The summed E-state index contributed by atoms with van der Waals surface area (Å²) in [4.78, 5) is 3.92. The van der Waals surface area contributed by atoms with Gasteiger partial charge in [-0.15, -0.1) is 11.6 Å². The van der Waals surface area contributed by atoms with Crippen molar-refractivity contribution in [1.29, 1.82) is 0 Å². The Bertz CT molecular complexity index is 190. The second-order valence-electron chi connectivity index (χ2n) is 1.92. The summed E-state index contributed by atoms with van der Waals surface area (Å²) in [6, 6.07) is 5.36. The lowest BCUT2D eigenvalue weighted by Crippen LogP contribution is -2.00. The molecule has 1 N–H and O–H groups in total.